The van der Waals surface area contributed by atoms with Gasteiger partial charge in [-0.3, -0.25) is 9.03 Å². The fourth-order valence-corrected chi connectivity index (χ4v) is 8.46. The number of nitrogens with zero attached hydrogens (tertiary/aromatic N) is 1. The van der Waals surface area contributed by atoms with Crippen LogP contribution in [0.2, 0.25) is 0 Å². The maximum Gasteiger partial charge on any atom is 0.264 e. The van der Waals surface area contributed by atoms with Crippen molar-refractivity contribution in [3.05, 3.63) is 144 Å². The lowest BCUT2D eigenvalue weighted by atomic mass is 9.87. The summed E-state index contributed by atoms with van der Waals surface area (Å²) in [4.78, 5) is 0.310. The minimum Gasteiger partial charge on any atom is -0.485 e. The first-order valence-corrected chi connectivity index (χ1v) is 17.4. The zero-order chi connectivity index (χ0) is 31.2. The zero-order valence-corrected chi connectivity index (χ0v) is 26.0. The highest BCUT2D eigenvalue weighted by Crippen LogP contribution is 2.56. The third-order valence-corrected chi connectivity index (χ3v) is 11.3. The molecule has 228 valence electrons. The standard InChI is InChI=1S/C35H30N2O6S2/c1-24-16-18-28(19-17-24)45(40,41)37-22-31-30-20-26(36-44(38,39)27-12-6-3-7-13-27)21-33(42-23-25-10-4-2-5-11-25)35(30)43-34(31)29-14-8-9-15-32(29)37/h2-21,31,34,36H,22-23H2,1H3/t31-,34-/m1/s1. The van der Waals surface area contributed by atoms with E-state index in [4.69, 9.17) is 9.47 Å². The largest absolute Gasteiger partial charge is 0.485 e. The molecule has 45 heavy (non-hydrogen) atoms. The Bertz CT molecular complexity index is 2090. The van der Waals surface area contributed by atoms with Crippen LogP contribution in [-0.2, 0) is 26.7 Å². The summed E-state index contributed by atoms with van der Waals surface area (Å²) in [6, 6.07) is 35.2. The van der Waals surface area contributed by atoms with Gasteiger partial charge >= 0.3 is 0 Å². The van der Waals surface area contributed by atoms with Gasteiger partial charge in [-0.2, -0.15) is 0 Å². The van der Waals surface area contributed by atoms with Crippen LogP contribution in [0, 0.1) is 6.92 Å². The molecule has 5 aromatic carbocycles. The molecule has 0 saturated heterocycles. The Morgan fingerprint density at radius 2 is 1.44 bits per heavy atom. The summed E-state index contributed by atoms with van der Waals surface area (Å²) in [6.07, 6.45) is -0.499. The van der Waals surface area contributed by atoms with Crippen LogP contribution >= 0.6 is 0 Å². The Morgan fingerprint density at radius 3 is 2.18 bits per heavy atom. The summed E-state index contributed by atoms with van der Waals surface area (Å²) in [7, 11) is -7.85. The van der Waals surface area contributed by atoms with Gasteiger partial charge in [-0.25, -0.2) is 16.8 Å². The number of anilines is 2. The number of fused-ring (bicyclic) bond motifs is 5. The van der Waals surface area contributed by atoms with Crippen molar-refractivity contribution in [2.24, 2.45) is 0 Å². The molecular weight excluding hydrogens is 609 g/mol. The topological polar surface area (TPSA) is 102 Å². The van der Waals surface area contributed by atoms with Gasteiger partial charge in [-0.15, -0.1) is 0 Å². The predicted octanol–water partition coefficient (Wildman–Crippen LogP) is 6.80. The van der Waals surface area contributed by atoms with Crippen molar-refractivity contribution in [1.29, 1.82) is 0 Å². The molecule has 2 aliphatic rings. The van der Waals surface area contributed by atoms with E-state index in [1.165, 1.54) is 16.4 Å². The highest BCUT2D eigenvalue weighted by Gasteiger charge is 2.46. The van der Waals surface area contributed by atoms with E-state index in [0.717, 1.165) is 16.7 Å². The molecule has 2 atom stereocenters. The summed E-state index contributed by atoms with van der Waals surface area (Å²) < 4.78 is 71.8. The molecular formula is C35H30N2O6S2. The van der Waals surface area contributed by atoms with Crippen molar-refractivity contribution >= 4 is 31.4 Å². The second-order valence-electron chi connectivity index (χ2n) is 11.1. The first-order valence-electron chi connectivity index (χ1n) is 14.5. The average molecular weight is 639 g/mol. The molecule has 0 spiro atoms. The van der Waals surface area contributed by atoms with Crippen molar-refractivity contribution in [3.8, 4) is 11.5 Å². The first-order chi connectivity index (χ1) is 21.7. The van der Waals surface area contributed by atoms with E-state index in [2.05, 4.69) is 4.72 Å². The first kappa shape index (κ1) is 28.9. The third kappa shape index (κ3) is 5.40. The fraction of sp³-hybridized carbons (Fsp3) is 0.143. The molecule has 0 amide bonds. The van der Waals surface area contributed by atoms with Crippen LogP contribution in [0.3, 0.4) is 0 Å². The van der Waals surface area contributed by atoms with Crippen molar-refractivity contribution in [3.63, 3.8) is 0 Å². The molecule has 0 aliphatic carbocycles. The lowest BCUT2D eigenvalue weighted by Gasteiger charge is -2.36. The second kappa shape index (κ2) is 11.3. The molecule has 7 rings (SSSR count). The van der Waals surface area contributed by atoms with E-state index in [1.807, 2.05) is 55.5 Å². The molecule has 0 bridgehead atoms. The number of sulfonamides is 2. The molecule has 8 nitrogen and oxygen atoms in total. The Hall–Kier alpha value is -4.80. The number of nitrogens with one attached hydrogen (secondary N) is 1. The van der Waals surface area contributed by atoms with Crippen molar-refractivity contribution < 1.29 is 26.3 Å². The van der Waals surface area contributed by atoms with Crippen LogP contribution < -0.4 is 18.5 Å². The normalized spacial score (nSPS) is 17.0. The SMILES string of the molecule is Cc1ccc(S(=O)(=O)N2C[C@@H]3c4cc(NS(=O)(=O)c5ccccc5)cc(OCc5ccccc5)c4O[C@@H]3c3ccccc32)cc1. The molecule has 2 aliphatic heterocycles. The van der Waals surface area contributed by atoms with Gasteiger partial charge in [0.25, 0.3) is 20.0 Å². The second-order valence-corrected chi connectivity index (χ2v) is 14.7. The number of ether oxygens (including phenoxy) is 2. The maximum atomic E-state index is 14.1. The Morgan fingerprint density at radius 1 is 0.778 bits per heavy atom. The molecule has 0 unspecified atom stereocenters. The van der Waals surface area contributed by atoms with Crippen LogP contribution in [0.15, 0.2) is 131 Å². The van der Waals surface area contributed by atoms with Gasteiger partial charge in [0.05, 0.1) is 21.2 Å². The number of rotatable bonds is 8. The Labute approximate surface area is 263 Å². The van der Waals surface area contributed by atoms with Crippen LogP contribution in [0.25, 0.3) is 0 Å². The minimum absolute atomic E-state index is 0.0951. The van der Waals surface area contributed by atoms with Gasteiger partial charge in [-0.1, -0.05) is 84.4 Å². The molecule has 5 aromatic rings. The number of para-hydroxylation sites is 1. The summed E-state index contributed by atoms with van der Waals surface area (Å²) in [5, 5.41) is 0. The van der Waals surface area contributed by atoms with Gasteiger partial charge in [-0.05, 0) is 48.9 Å². The van der Waals surface area contributed by atoms with E-state index in [9.17, 15) is 16.8 Å². The predicted molar refractivity (Wildman–Crippen MR) is 173 cm³/mol. The molecule has 0 aromatic heterocycles. The van der Waals surface area contributed by atoms with Crippen molar-refractivity contribution in [2.75, 3.05) is 15.6 Å². The van der Waals surface area contributed by atoms with E-state index in [1.54, 1.807) is 60.7 Å². The summed E-state index contributed by atoms with van der Waals surface area (Å²) in [5.41, 5.74) is 4.11. The molecule has 10 heteroatoms. The van der Waals surface area contributed by atoms with Gasteiger partial charge in [0, 0.05) is 29.7 Å². The van der Waals surface area contributed by atoms with Crippen molar-refractivity contribution in [1.82, 2.24) is 0 Å². The van der Waals surface area contributed by atoms with Crippen LogP contribution in [0.5, 0.6) is 11.5 Å². The lowest BCUT2D eigenvalue weighted by molar-refractivity contribution is 0.194. The van der Waals surface area contributed by atoms with Gasteiger partial charge in [0.15, 0.2) is 11.5 Å². The summed E-state index contributed by atoms with van der Waals surface area (Å²) in [6.45, 7) is 2.23. The Balaban J connectivity index is 1.32. The monoisotopic (exact) mass is 638 g/mol. The third-order valence-electron chi connectivity index (χ3n) is 8.12. The maximum absolute atomic E-state index is 14.1. The highest BCUT2D eigenvalue weighted by molar-refractivity contribution is 7.93. The van der Waals surface area contributed by atoms with E-state index in [-0.39, 0.29) is 28.6 Å². The van der Waals surface area contributed by atoms with Crippen LogP contribution in [-0.4, -0.2) is 23.4 Å². The molecule has 1 N–H and O–H groups in total. The molecule has 0 radical (unpaired) electrons. The van der Waals surface area contributed by atoms with Gasteiger partial charge < -0.3 is 9.47 Å². The minimum atomic E-state index is -3.93. The molecule has 0 fully saturated rings. The van der Waals surface area contributed by atoms with E-state index < -0.39 is 32.1 Å². The highest BCUT2D eigenvalue weighted by atomic mass is 32.2. The van der Waals surface area contributed by atoms with Crippen molar-refractivity contribution in [2.45, 2.75) is 35.3 Å². The van der Waals surface area contributed by atoms with Gasteiger partial charge in [0.2, 0.25) is 0 Å². The number of hydrogen-bond acceptors (Lipinski definition) is 6. The van der Waals surface area contributed by atoms with Crippen LogP contribution in [0.1, 0.15) is 34.3 Å². The van der Waals surface area contributed by atoms with E-state index in [0.29, 0.717) is 22.7 Å². The van der Waals surface area contributed by atoms with Gasteiger partial charge in [0.1, 0.15) is 12.7 Å². The summed E-state index contributed by atoms with van der Waals surface area (Å²) in [5.74, 6) is 0.394. The number of aryl methyl sites for hydroxylation is 1. The zero-order valence-electron chi connectivity index (χ0n) is 24.3. The quantitative estimate of drug-likeness (QED) is 0.201. The Kier molecular flexibility index (Phi) is 7.26. The van der Waals surface area contributed by atoms with Crippen LogP contribution in [0.4, 0.5) is 11.4 Å². The molecule has 2 heterocycles. The summed E-state index contributed by atoms with van der Waals surface area (Å²) >= 11 is 0. The smallest absolute Gasteiger partial charge is 0.264 e. The fourth-order valence-electron chi connectivity index (χ4n) is 5.88. The number of hydrogen-bond donors (Lipinski definition) is 1. The lowest BCUT2D eigenvalue weighted by Crippen LogP contribution is -2.40. The van der Waals surface area contributed by atoms with E-state index >= 15 is 0 Å². The average Bonchev–Trinajstić information content (AvgIpc) is 3.43. The number of benzene rings is 5. The molecule has 0 saturated carbocycles.